The van der Waals surface area contributed by atoms with Gasteiger partial charge in [-0.2, -0.15) is 0 Å². The van der Waals surface area contributed by atoms with E-state index in [1.54, 1.807) is 13.1 Å². The van der Waals surface area contributed by atoms with Crippen LogP contribution in [0.15, 0.2) is 30.6 Å². The quantitative estimate of drug-likeness (QED) is 0.509. The molecule has 0 atom stereocenters. The van der Waals surface area contributed by atoms with Gasteiger partial charge in [0.25, 0.3) is 0 Å². The van der Waals surface area contributed by atoms with Gasteiger partial charge in [0.1, 0.15) is 9.88 Å². The molecular formula is C18H21N3O2S. The summed E-state index contributed by atoms with van der Waals surface area (Å²) >= 11 is 1.38. The highest BCUT2D eigenvalue weighted by Gasteiger charge is 2.11. The van der Waals surface area contributed by atoms with Crippen molar-refractivity contribution in [1.82, 2.24) is 15.3 Å². The second-order valence-electron chi connectivity index (χ2n) is 5.58. The number of carbonyl (C=O) groups is 1. The van der Waals surface area contributed by atoms with Crippen LogP contribution >= 0.6 is 11.3 Å². The summed E-state index contributed by atoms with van der Waals surface area (Å²) in [4.78, 5) is 19.8. The van der Waals surface area contributed by atoms with Crippen LogP contribution in [0.5, 0.6) is 0 Å². The third kappa shape index (κ3) is 3.66. The first kappa shape index (κ1) is 16.7. The summed E-state index contributed by atoms with van der Waals surface area (Å²) in [6.45, 7) is 5.84. The van der Waals surface area contributed by atoms with E-state index in [0.717, 1.165) is 18.0 Å². The molecule has 2 heterocycles. The van der Waals surface area contributed by atoms with Gasteiger partial charge < -0.3 is 15.0 Å². The molecule has 0 radical (unpaired) electrons. The number of carbonyl (C=O) groups excluding carboxylic acids is 1. The van der Waals surface area contributed by atoms with Crippen molar-refractivity contribution in [2.75, 3.05) is 13.2 Å². The van der Waals surface area contributed by atoms with Gasteiger partial charge in [-0.1, -0.05) is 12.1 Å². The van der Waals surface area contributed by atoms with Crippen molar-refractivity contribution in [2.45, 2.75) is 26.8 Å². The van der Waals surface area contributed by atoms with Crippen molar-refractivity contribution < 1.29 is 9.53 Å². The molecule has 2 N–H and O–H groups in total. The predicted molar refractivity (Wildman–Crippen MR) is 96.5 cm³/mol. The number of H-pyrrole nitrogens is 1. The molecule has 0 aliphatic carbocycles. The van der Waals surface area contributed by atoms with Crippen LogP contribution in [0.25, 0.3) is 10.9 Å². The monoisotopic (exact) mass is 343 g/mol. The molecule has 5 nitrogen and oxygen atoms in total. The Morgan fingerprint density at radius 2 is 2.29 bits per heavy atom. The number of aromatic nitrogens is 2. The summed E-state index contributed by atoms with van der Waals surface area (Å²) in [6.07, 6.45) is 4.62. The second-order valence-corrected chi connectivity index (χ2v) is 6.69. The van der Waals surface area contributed by atoms with E-state index in [-0.39, 0.29) is 5.97 Å². The molecule has 126 valence electrons. The highest BCUT2D eigenvalue weighted by molar-refractivity contribution is 7.13. The molecule has 0 aliphatic heterocycles. The lowest BCUT2D eigenvalue weighted by Gasteiger charge is -2.03. The normalized spacial score (nSPS) is 11.1. The van der Waals surface area contributed by atoms with Crippen LogP contribution < -0.4 is 5.32 Å². The van der Waals surface area contributed by atoms with E-state index >= 15 is 0 Å². The minimum Gasteiger partial charge on any atom is -0.462 e. The first-order valence-corrected chi connectivity index (χ1v) is 8.88. The summed E-state index contributed by atoms with van der Waals surface area (Å²) in [5.41, 5.74) is 3.80. The number of hydrogen-bond donors (Lipinski definition) is 2. The molecule has 0 unspecified atom stereocenters. The first-order chi connectivity index (χ1) is 11.7. The molecule has 0 amide bonds. The number of benzene rings is 1. The van der Waals surface area contributed by atoms with E-state index in [2.05, 4.69) is 46.6 Å². The molecule has 24 heavy (non-hydrogen) atoms. The van der Waals surface area contributed by atoms with Crippen LogP contribution in [0.3, 0.4) is 0 Å². The Bertz CT molecular complexity index is 838. The fraction of sp³-hybridized carbons (Fsp3) is 0.333. The van der Waals surface area contributed by atoms with Crippen molar-refractivity contribution in [2.24, 2.45) is 0 Å². The number of aromatic amines is 1. The van der Waals surface area contributed by atoms with Crippen LogP contribution in [0, 0.1) is 6.92 Å². The third-order valence-corrected chi connectivity index (χ3v) is 4.85. The van der Waals surface area contributed by atoms with E-state index in [1.807, 2.05) is 0 Å². The number of hydrogen-bond acceptors (Lipinski definition) is 5. The Hall–Kier alpha value is -2.18. The third-order valence-electron chi connectivity index (χ3n) is 3.87. The van der Waals surface area contributed by atoms with Crippen LogP contribution in [-0.4, -0.2) is 29.1 Å². The highest BCUT2D eigenvalue weighted by Crippen LogP contribution is 2.22. The number of aryl methyl sites for hydroxylation is 1. The van der Waals surface area contributed by atoms with Crippen molar-refractivity contribution in [3.05, 3.63) is 51.6 Å². The zero-order valence-electron chi connectivity index (χ0n) is 13.9. The van der Waals surface area contributed by atoms with E-state index in [0.29, 0.717) is 18.0 Å². The van der Waals surface area contributed by atoms with Crippen molar-refractivity contribution in [3.8, 4) is 0 Å². The smallest absolute Gasteiger partial charge is 0.349 e. The van der Waals surface area contributed by atoms with E-state index in [1.165, 1.54) is 33.4 Å². The summed E-state index contributed by atoms with van der Waals surface area (Å²) in [6, 6.07) is 6.31. The van der Waals surface area contributed by atoms with E-state index in [4.69, 9.17) is 4.74 Å². The number of esters is 1. The SMILES string of the molecule is CCOC(=O)c1cnc(CNCCc2c[nH]c3cccc(C)c23)s1. The van der Waals surface area contributed by atoms with Gasteiger partial charge in [0, 0.05) is 23.6 Å². The van der Waals surface area contributed by atoms with Gasteiger partial charge in [-0.15, -0.1) is 11.3 Å². The lowest BCUT2D eigenvalue weighted by atomic mass is 10.1. The Balaban J connectivity index is 1.53. The molecule has 3 aromatic rings. The molecule has 0 spiro atoms. The number of nitrogens with zero attached hydrogens (tertiary/aromatic N) is 1. The van der Waals surface area contributed by atoms with Gasteiger partial charge in [-0.25, -0.2) is 9.78 Å². The molecule has 0 aliphatic rings. The molecular weight excluding hydrogens is 322 g/mol. The predicted octanol–water partition coefficient (Wildman–Crippen LogP) is 3.44. The van der Waals surface area contributed by atoms with Gasteiger partial charge in [0.15, 0.2) is 0 Å². The van der Waals surface area contributed by atoms with Crippen molar-refractivity contribution in [3.63, 3.8) is 0 Å². The topological polar surface area (TPSA) is 67.0 Å². The number of rotatable bonds is 7. The summed E-state index contributed by atoms with van der Waals surface area (Å²) < 4.78 is 4.98. The molecule has 2 aromatic heterocycles. The van der Waals surface area contributed by atoms with Crippen molar-refractivity contribution >= 4 is 28.2 Å². The van der Waals surface area contributed by atoms with Gasteiger partial charge in [-0.3, -0.25) is 0 Å². The van der Waals surface area contributed by atoms with Crippen LogP contribution in [0.2, 0.25) is 0 Å². The Kier molecular flexibility index (Phi) is 5.27. The van der Waals surface area contributed by atoms with Gasteiger partial charge >= 0.3 is 5.97 Å². The Labute approximate surface area is 145 Å². The largest absolute Gasteiger partial charge is 0.462 e. The lowest BCUT2D eigenvalue weighted by Crippen LogP contribution is -2.16. The highest BCUT2D eigenvalue weighted by atomic mass is 32.1. The average molecular weight is 343 g/mol. The molecule has 0 saturated heterocycles. The van der Waals surface area contributed by atoms with Gasteiger partial charge in [0.2, 0.25) is 0 Å². The standard InChI is InChI=1S/C18H21N3O2S/c1-3-23-18(22)15-10-21-16(24-15)11-19-8-7-13-9-20-14-6-4-5-12(2)17(13)14/h4-6,9-10,19-20H,3,7-8,11H2,1-2H3. The summed E-state index contributed by atoms with van der Waals surface area (Å²) in [5, 5.41) is 5.60. The maximum Gasteiger partial charge on any atom is 0.349 e. The minimum atomic E-state index is -0.296. The first-order valence-electron chi connectivity index (χ1n) is 8.07. The molecule has 3 rings (SSSR count). The van der Waals surface area contributed by atoms with E-state index in [9.17, 15) is 4.79 Å². The maximum atomic E-state index is 11.6. The van der Waals surface area contributed by atoms with Crippen LogP contribution in [0.4, 0.5) is 0 Å². The summed E-state index contributed by atoms with van der Waals surface area (Å²) in [7, 11) is 0. The Morgan fingerprint density at radius 3 is 3.12 bits per heavy atom. The number of nitrogens with one attached hydrogen (secondary N) is 2. The van der Waals surface area contributed by atoms with Crippen LogP contribution in [-0.2, 0) is 17.7 Å². The molecule has 0 bridgehead atoms. The zero-order chi connectivity index (χ0) is 16.9. The van der Waals surface area contributed by atoms with Crippen molar-refractivity contribution in [1.29, 1.82) is 0 Å². The molecule has 0 fully saturated rings. The molecule has 1 aromatic carbocycles. The fourth-order valence-corrected chi connectivity index (χ4v) is 3.54. The average Bonchev–Trinajstić information content (AvgIpc) is 3.20. The second kappa shape index (κ2) is 7.59. The van der Waals surface area contributed by atoms with Gasteiger partial charge in [0.05, 0.1) is 12.8 Å². The van der Waals surface area contributed by atoms with E-state index < -0.39 is 0 Å². The number of ether oxygens (including phenoxy) is 1. The van der Waals surface area contributed by atoms with Gasteiger partial charge in [-0.05, 0) is 44.0 Å². The maximum absolute atomic E-state index is 11.6. The number of fused-ring (bicyclic) bond motifs is 1. The molecule has 0 saturated carbocycles. The Morgan fingerprint density at radius 1 is 1.42 bits per heavy atom. The zero-order valence-corrected chi connectivity index (χ0v) is 14.7. The number of thiazole rings is 1. The molecule has 6 heteroatoms. The van der Waals surface area contributed by atoms with Crippen LogP contribution in [0.1, 0.15) is 32.7 Å². The minimum absolute atomic E-state index is 0.296. The summed E-state index contributed by atoms with van der Waals surface area (Å²) in [5.74, 6) is -0.296. The lowest BCUT2D eigenvalue weighted by molar-refractivity contribution is 0.0532. The fourth-order valence-electron chi connectivity index (χ4n) is 2.76.